The van der Waals surface area contributed by atoms with Gasteiger partial charge in [0.05, 0.1) is 0 Å². The van der Waals surface area contributed by atoms with Gasteiger partial charge >= 0.3 is 195 Å². The van der Waals surface area contributed by atoms with Gasteiger partial charge in [-0.1, -0.05) is 0 Å². The molecule has 4 unspecified atom stereocenters. The monoisotopic (exact) mass is 461 g/mol. The predicted octanol–water partition coefficient (Wildman–Crippen LogP) is 3.70. The second-order valence-corrected chi connectivity index (χ2v) is 9.25. The van der Waals surface area contributed by atoms with Crippen LogP contribution in [0.1, 0.15) is 52.0 Å². The minimum absolute atomic E-state index is 0.212. The van der Waals surface area contributed by atoms with E-state index in [1.807, 2.05) is 6.92 Å². The summed E-state index contributed by atoms with van der Waals surface area (Å²) >= 11 is 0. The number of aryl methyl sites for hydroxylation is 1. The molecule has 4 atom stereocenters. The minimum atomic E-state index is -0.859. The molecule has 5 nitrogen and oxygen atoms in total. The summed E-state index contributed by atoms with van der Waals surface area (Å²) in [6.45, 7) is 9.30. The molecule has 2 heterocycles. The van der Waals surface area contributed by atoms with Gasteiger partial charge in [0.1, 0.15) is 0 Å². The van der Waals surface area contributed by atoms with E-state index in [1.165, 1.54) is 25.1 Å². The van der Waals surface area contributed by atoms with Crippen molar-refractivity contribution in [2.45, 2.75) is 76.8 Å². The molecule has 2 N–H and O–H groups in total. The number of halogens is 2. The first-order chi connectivity index (χ1) is 15.6. The van der Waals surface area contributed by atoms with E-state index in [9.17, 15) is 19.0 Å². The van der Waals surface area contributed by atoms with Gasteiger partial charge in [-0.25, -0.2) is 0 Å². The Hall–Kier alpha value is -2.19. The Morgan fingerprint density at radius 1 is 1.36 bits per heavy atom. The van der Waals surface area contributed by atoms with Gasteiger partial charge in [0.15, 0.2) is 0 Å². The maximum absolute atomic E-state index is 13.5. The van der Waals surface area contributed by atoms with Crippen LogP contribution in [0.15, 0.2) is 41.4 Å². The zero-order valence-electron chi connectivity index (χ0n) is 19.7. The van der Waals surface area contributed by atoms with Crippen molar-refractivity contribution in [3.8, 4) is 5.75 Å². The Morgan fingerprint density at radius 3 is 2.82 bits per heavy atom. The SMILES string of the molecule is C=BN(CC(O)C1CCCC(C=C(C)F)=C(C)O1)CC(O)C1(C)CCc2cc(F)ccc2O1. The van der Waals surface area contributed by atoms with Crippen molar-refractivity contribution in [2.75, 3.05) is 13.1 Å². The molecule has 8 heteroatoms. The van der Waals surface area contributed by atoms with Crippen LogP contribution in [0.2, 0.25) is 0 Å². The quantitative estimate of drug-likeness (QED) is 0.579. The van der Waals surface area contributed by atoms with Crippen molar-refractivity contribution in [2.24, 2.45) is 0 Å². The van der Waals surface area contributed by atoms with Crippen molar-refractivity contribution in [1.29, 1.82) is 0 Å². The molecule has 0 aliphatic carbocycles. The van der Waals surface area contributed by atoms with E-state index in [4.69, 9.17) is 9.47 Å². The van der Waals surface area contributed by atoms with Gasteiger partial charge in [-0.3, -0.25) is 0 Å². The molecule has 0 saturated heterocycles. The number of hydrogen-bond acceptors (Lipinski definition) is 5. The summed E-state index contributed by atoms with van der Waals surface area (Å²) in [4.78, 5) is 1.75. The average Bonchev–Trinajstić information content (AvgIpc) is 2.94. The van der Waals surface area contributed by atoms with Crippen LogP contribution in [-0.2, 0) is 11.2 Å². The molecule has 0 aromatic heterocycles. The standard InChI is InChI=1S/C25H34BF2NO4/c1-16(27)12-18-6-5-7-23(32-17(18)2)21(30)14-29(26-4)15-24(31)25(3)11-10-19-13-20(28)8-9-22(19)33-25/h8-9,12-13,21,23-24,30-31H,4-7,10-11,14-15H2,1-3H3. The fraction of sp³-hybridized carbons (Fsp3) is 0.560. The fourth-order valence-electron chi connectivity index (χ4n) is 4.48. The Bertz CT molecular complexity index is 918. The van der Waals surface area contributed by atoms with Gasteiger partial charge in [-0.05, 0) is 0 Å². The molecule has 2 aliphatic heterocycles. The normalized spacial score (nSPS) is 25.2. The van der Waals surface area contributed by atoms with Crippen molar-refractivity contribution in [1.82, 2.24) is 4.81 Å². The van der Waals surface area contributed by atoms with Crippen LogP contribution >= 0.6 is 0 Å². The number of nitrogens with zero attached hydrogens (tertiary/aromatic N) is 1. The van der Waals surface area contributed by atoms with Crippen LogP contribution in [-0.4, -0.2) is 65.6 Å². The van der Waals surface area contributed by atoms with Crippen LogP contribution in [0.25, 0.3) is 0 Å². The van der Waals surface area contributed by atoms with E-state index in [1.54, 1.807) is 24.9 Å². The van der Waals surface area contributed by atoms with Gasteiger partial charge in [0.2, 0.25) is 0 Å². The third kappa shape index (κ3) is 6.45. The summed E-state index contributed by atoms with van der Waals surface area (Å²) in [6, 6.07) is 4.41. The maximum atomic E-state index is 13.5. The van der Waals surface area contributed by atoms with Crippen molar-refractivity contribution in [3.05, 3.63) is 52.8 Å². The number of rotatable bonds is 8. The number of allylic oxidation sites excluding steroid dienone is 4. The molecule has 2 aliphatic rings. The van der Waals surface area contributed by atoms with Crippen molar-refractivity contribution in [3.63, 3.8) is 0 Å². The molecule has 0 bridgehead atoms. The van der Waals surface area contributed by atoms with Crippen LogP contribution in [0.5, 0.6) is 5.75 Å². The molecule has 0 saturated carbocycles. The van der Waals surface area contributed by atoms with Crippen LogP contribution in [0.4, 0.5) is 8.78 Å². The Kier molecular flexibility index (Phi) is 8.35. The van der Waals surface area contributed by atoms with Gasteiger partial charge in [0, 0.05) is 0 Å². The Balaban J connectivity index is 1.61. The van der Waals surface area contributed by atoms with Gasteiger partial charge in [-0.2, -0.15) is 0 Å². The Morgan fingerprint density at radius 2 is 2.12 bits per heavy atom. The number of hydrogen-bond donors (Lipinski definition) is 2. The zero-order valence-corrected chi connectivity index (χ0v) is 19.7. The summed E-state index contributed by atoms with van der Waals surface area (Å²) in [5.74, 6) is 0.626. The topological polar surface area (TPSA) is 62.2 Å². The number of benzene rings is 1. The zero-order chi connectivity index (χ0) is 24.2. The first-order valence-electron chi connectivity index (χ1n) is 11.5. The summed E-state index contributed by atoms with van der Waals surface area (Å²) in [7, 11) is 1.59. The number of fused-ring (bicyclic) bond motifs is 1. The number of ether oxygens (including phenoxy) is 2. The average molecular weight is 461 g/mol. The third-order valence-corrected chi connectivity index (χ3v) is 6.57. The number of aliphatic hydroxyl groups excluding tert-OH is 2. The van der Waals surface area contributed by atoms with E-state index in [0.717, 1.165) is 17.6 Å². The molecule has 0 radical (unpaired) electrons. The molecule has 180 valence electrons. The molecule has 3 rings (SSSR count). The second kappa shape index (κ2) is 10.8. The van der Waals surface area contributed by atoms with Gasteiger partial charge < -0.3 is 0 Å². The first-order valence-corrected chi connectivity index (χ1v) is 11.5. The molecule has 1 aromatic carbocycles. The van der Waals surface area contributed by atoms with E-state index in [0.29, 0.717) is 37.2 Å². The third-order valence-electron chi connectivity index (χ3n) is 6.57. The summed E-state index contributed by atoms with van der Waals surface area (Å²) in [5, 5.41) is 21.8. The summed E-state index contributed by atoms with van der Waals surface area (Å²) < 4.78 is 38.8. The molecular formula is C25H34BF2NO4. The van der Waals surface area contributed by atoms with Crippen molar-refractivity contribution < 1.29 is 28.5 Å². The van der Waals surface area contributed by atoms with Crippen molar-refractivity contribution >= 4 is 13.5 Å². The van der Waals surface area contributed by atoms with E-state index < -0.39 is 23.9 Å². The van der Waals surface area contributed by atoms with Crippen LogP contribution < -0.4 is 4.74 Å². The molecule has 1 aromatic rings. The van der Waals surface area contributed by atoms with Crippen LogP contribution in [0, 0.1) is 5.82 Å². The molecular weight excluding hydrogens is 427 g/mol. The summed E-state index contributed by atoms with van der Waals surface area (Å²) in [5.41, 5.74) is 0.755. The molecule has 0 spiro atoms. The first kappa shape index (κ1) is 25.4. The second-order valence-electron chi connectivity index (χ2n) is 9.25. The van der Waals surface area contributed by atoms with Gasteiger partial charge in [-0.15, -0.1) is 0 Å². The summed E-state index contributed by atoms with van der Waals surface area (Å²) in [6.07, 6.45) is 2.63. The molecule has 0 fully saturated rings. The van der Waals surface area contributed by atoms with Crippen LogP contribution in [0.3, 0.4) is 0 Å². The van der Waals surface area contributed by atoms with E-state index >= 15 is 0 Å². The molecule has 33 heavy (non-hydrogen) atoms. The van der Waals surface area contributed by atoms with Gasteiger partial charge in [0.25, 0.3) is 0 Å². The number of aliphatic hydroxyl groups is 2. The van der Waals surface area contributed by atoms with E-state index in [2.05, 4.69) is 6.47 Å². The Labute approximate surface area is 195 Å². The van der Waals surface area contributed by atoms with E-state index in [-0.39, 0.29) is 24.7 Å². The molecule has 0 amide bonds. The fourth-order valence-corrected chi connectivity index (χ4v) is 4.48. The predicted molar refractivity (Wildman–Crippen MR) is 127 cm³/mol.